The molecule has 0 amide bonds. The van der Waals surface area contributed by atoms with E-state index in [1.54, 1.807) is 7.11 Å². The number of pyridine rings is 1. The largest absolute Gasteiger partial charge is 0.385 e. The van der Waals surface area contributed by atoms with Crippen LogP contribution in [0.2, 0.25) is 0 Å². The van der Waals surface area contributed by atoms with Crippen LogP contribution in [0.5, 0.6) is 0 Å². The van der Waals surface area contributed by atoms with Gasteiger partial charge in [-0.1, -0.05) is 6.07 Å². The number of fused-ring (bicyclic) bond motifs is 1. The lowest BCUT2D eigenvalue weighted by atomic mass is 10.3. The van der Waals surface area contributed by atoms with Gasteiger partial charge in [-0.2, -0.15) is 0 Å². The van der Waals surface area contributed by atoms with Crippen molar-refractivity contribution in [2.75, 3.05) is 13.7 Å². The lowest BCUT2D eigenvalue weighted by Crippen LogP contribution is -1.97. The third-order valence-corrected chi connectivity index (χ3v) is 2.58. The van der Waals surface area contributed by atoms with E-state index in [1.165, 1.54) is 0 Å². The van der Waals surface area contributed by atoms with Gasteiger partial charge in [-0.3, -0.25) is 0 Å². The van der Waals surface area contributed by atoms with Gasteiger partial charge in [0.15, 0.2) is 0 Å². The standard InChI is InChI=1S/C12H17N3O/c1-16-6-2-3-11-9-15-8-10(7-13)4-5-12(15)14-11/h4-5,8-9H,2-3,6-7,13H2,1H3. The van der Waals surface area contributed by atoms with Gasteiger partial charge in [0.2, 0.25) is 0 Å². The number of nitrogens with two attached hydrogens (primary N) is 1. The molecule has 4 nitrogen and oxygen atoms in total. The molecule has 2 aromatic heterocycles. The summed E-state index contributed by atoms with van der Waals surface area (Å²) in [5.41, 5.74) is 8.79. The van der Waals surface area contributed by atoms with Crippen molar-refractivity contribution < 1.29 is 4.74 Å². The maximum absolute atomic E-state index is 5.60. The third kappa shape index (κ3) is 2.40. The summed E-state index contributed by atoms with van der Waals surface area (Å²) in [6.45, 7) is 1.34. The number of ether oxygens (including phenoxy) is 1. The van der Waals surface area contributed by atoms with Crippen LogP contribution in [-0.2, 0) is 17.7 Å². The molecule has 2 N–H and O–H groups in total. The van der Waals surface area contributed by atoms with Crippen LogP contribution < -0.4 is 5.73 Å². The smallest absolute Gasteiger partial charge is 0.136 e. The summed E-state index contributed by atoms with van der Waals surface area (Å²) in [4.78, 5) is 4.53. The number of aromatic nitrogens is 2. The Balaban J connectivity index is 2.16. The highest BCUT2D eigenvalue weighted by atomic mass is 16.5. The highest BCUT2D eigenvalue weighted by Crippen LogP contribution is 2.09. The first-order valence-corrected chi connectivity index (χ1v) is 5.49. The summed E-state index contributed by atoms with van der Waals surface area (Å²) in [5.74, 6) is 0. The number of hydrogen-bond donors (Lipinski definition) is 1. The summed E-state index contributed by atoms with van der Waals surface area (Å²) in [6, 6.07) is 4.02. The van der Waals surface area contributed by atoms with Crippen molar-refractivity contribution in [3.05, 3.63) is 35.8 Å². The second-order valence-electron chi connectivity index (χ2n) is 3.84. The monoisotopic (exact) mass is 219 g/mol. The minimum Gasteiger partial charge on any atom is -0.385 e. The Morgan fingerprint density at radius 3 is 3.00 bits per heavy atom. The first-order valence-electron chi connectivity index (χ1n) is 5.49. The zero-order chi connectivity index (χ0) is 11.4. The summed E-state index contributed by atoms with van der Waals surface area (Å²) >= 11 is 0. The second kappa shape index (κ2) is 5.09. The molecule has 0 saturated heterocycles. The van der Waals surface area contributed by atoms with Crippen LogP contribution in [0.15, 0.2) is 24.5 Å². The summed E-state index contributed by atoms with van der Waals surface area (Å²) < 4.78 is 7.06. The zero-order valence-electron chi connectivity index (χ0n) is 9.52. The maximum Gasteiger partial charge on any atom is 0.136 e. The Morgan fingerprint density at radius 2 is 2.25 bits per heavy atom. The first kappa shape index (κ1) is 11.1. The Bertz CT molecular complexity index is 464. The average Bonchev–Trinajstić information content (AvgIpc) is 2.70. The molecule has 0 saturated carbocycles. The van der Waals surface area contributed by atoms with Crippen LogP contribution in [0.4, 0.5) is 0 Å². The van der Waals surface area contributed by atoms with Crippen LogP contribution in [-0.4, -0.2) is 23.1 Å². The average molecular weight is 219 g/mol. The molecule has 16 heavy (non-hydrogen) atoms. The minimum absolute atomic E-state index is 0.563. The molecule has 0 aliphatic rings. The van der Waals surface area contributed by atoms with Gasteiger partial charge in [0.05, 0.1) is 5.69 Å². The van der Waals surface area contributed by atoms with Gasteiger partial charge < -0.3 is 14.9 Å². The van der Waals surface area contributed by atoms with E-state index in [1.807, 2.05) is 22.7 Å². The Labute approximate surface area is 95.0 Å². The van der Waals surface area contributed by atoms with Crippen molar-refractivity contribution in [1.29, 1.82) is 0 Å². The van der Waals surface area contributed by atoms with Crippen molar-refractivity contribution >= 4 is 5.65 Å². The van der Waals surface area contributed by atoms with Crippen molar-refractivity contribution in [2.24, 2.45) is 5.73 Å². The summed E-state index contributed by atoms with van der Waals surface area (Å²) in [6.07, 6.45) is 6.05. The predicted octanol–water partition coefficient (Wildman–Crippen LogP) is 1.37. The molecule has 0 aromatic carbocycles. The number of imidazole rings is 1. The van der Waals surface area contributed by atoms with Gasteiger partial charge in [0, 0.05) is 32.7 Å². The molecule has 0 aliphatic heterocycles. The van der Waals surface area contributed by atoms with E-state index in [0.29, 0.717) is 6.54 Å². The van der Waals surface area contributed by atoms with Gasteiger partial charge in [0.1, 0.15) is 5.65 Å². The van der Waals surface area contributed by atoms with E-state index in [2.05, 4.69) is 11.2 Å². The Kier molecular flexibility index (Phi) is 3.54. The zero-order valence-corrected chi connectivity index (χ0v) is 9.52. The fraction of sp³-hybridized carbons (Fsp3) is 0.417. The fourth-order valence-corrected chi connectivity index (χ4v) is 1.73. The lowest BCUT2D eigenvalue weighted by molar-refractivity contribution is 0.195. The maximum atomic E-state index is 5.60. The van der Waals surface area contributed by atoms with Gasteiger partial charge >= 0.3 is 0 Å². The summed E-state index contributed by atoms with van der Waals surface area (Å²) in [7, 11) is 1.72. The van der Waals surface area contributed by atoms with Crippen LogP contribution in [0.1, 0.15) is 17.7 Å². The number of aryl methyl sites for hydroxylation is 1. The van der Waals surface area contributed by atoms with Crippen LogP contribution in [0.25, 0.3) is 5.65 Å². The number of rotatable bonds is 5. The summed E-state index contributed by atoms with van der Waals surface area (Å²) in [5, 5.41) is 0. The van der Waals surface area contributed by atoms with E-state index in [0.717, 1.165) is 36.4 Å². The SMILES string of the molecule is COCCCc1cn2cc(CN)ccc2n1. The van der Waals surface area contributed by atoms with E-state index in [-0.39, 0.29) is 0 Å². The number of hydrogen-bond acceptors (Lipinski definition) is 3. The predicted molar refractivity (Wildman–Crippen MR) is 63.3 cm³/mol. The van der Waals surface area contributed by atoms with Crippen LogP contribution >= 0.6 is 0 Å². The highest BCUT2D eigenvalue weighted by Gasteiger charge is 2.01. The van der Waals surface area contributed by atoms with E-state index in [4.69, 9.17) is 10.5 Å². The van der Waals surface area contributed by atoms with Crippen molar-refractivity contribution in [3.8, 4) is 0 Å². The lowest BCUT2D eigenvalue weighted by Gasteiger charge is -1.96. The number of methoxy groups -OCH3 is 1. The topological polar surface area (TPSA) is 52.5 Å². The first-order chi connectivity index (χ1) is 7.83. The van der Waals surface area contributed by atoms with Crippen LogP contribution in [0.3, 0.4) is 0 Å². The normalized spacial score (nSPS) is 11.1. The van der Waals surface area contributed by atoms with E-state index >= 15 is 0 Å². The fourth-order valence-electron chi connectivity index (χ4n) is 1.73. The minimum atomic E-state index is 0.563. The molecular formula is C12H17N3O. The molecule has 0 unspecified atom stereocenters. The molecule has 4 heteroatoms. The molecule has 86 valence electrons. The Morgan fingerprint density at radius 1 is 1.38 bits per heavy atom. The highest BCUT2D eigenvalue weighted by molar-refractivity contribution is 5.41. The second-order valence-corrected chi connectivity index (χ2v) is 3.84. The van der Waals surface area contributed by atoms with E-state index in [9.17, 15) is 0 Å². The molecule has 2 heterocycles. The van der Waals surface area contributed by atoms with Gasteiger partial charge in [-0.25, -0.2) is 4.98 Å². The molecule has 0 spiro atoms. The molecule has 0 aliphatic carbocycles. The molecule has 2 aromatic rings. The molecule has 0 atom stereocenters. The van der Waals surface area contributed by atoms with Crippen LogP contribution in [0, 0.1) is 0 Å². The molecule has 0 fully saturated rings. The van der Waals surface area contributed by atoms with Gasteiger partial charge in [-0.15, -0.1) is 0 Å². The van der Waals surface area contributed by atoms with E-state index < -0.39 is 0 Å². The van der Waals surface area contributed by atoms with Crippen molar-refractivity contribution in [1.82, 2.24) is 9.38 Å². The molecular weight excluding hydrogens is 202 g/mol. The third-order valence-electron chi connectivity index (χ3n) is 2.58. The molecule has 2 rings (SSSR count). The van der Waals surface area contributed by atoms with Gasteiger partial charge in [-0.05, 0) is 24.5 Å². The number of nitrogens with zero attached hydrogens (tertiary/aromatic N) is 2. The van der Waals surface area contributed by atoms with Crippen molar-refractivity contribution in [2.45, 2.75) is 19.4 Å². The molecule has 0 bridgehead atoms. The molecule has 0 radical (unpaired) electrons. The Hall–Kier alpha value is -1.39. The van der Waals surface area contributed by atoms with Crippen molar-refractivity contribution in [3.63, 3.8) is 0 Å². The van der Waals surface area contributed by atoms with Gasteiger partial charge in [0.25, 0.3) is 0 Å². The quantitative estimate of drug-likeness (QED) is 0.773.